The van der Waals surface area contributed by atoms with Gasteiger partial charge in [0, 0.05) is 17.3 Å². The van der Waals surface area contributed by atoms with E-state index in [-0.39, 0.29) is 12.3 Å². The maximum atomic E-state index is 12.1. The molecule has 0 saturated heterocycles. The highest BCUT2D eigenvalue weighted by atomic mass is 16.3. The minimum absolute atomic E-state index is 0.123. The van der Waals surface area contributed by atoms with E-state index in [9.17, 15) is 9.90 Å². The molecule has 1 amide bonds. The highest BCUT2D eigenvalue weighted by molar-refractivity contribution is 5.94. The van der Waals surface area contributed by atoms with E-state index in [4.69, 9.17) is 0 Å². The van der Waals surface area contributed by atoms with Crippen LogP contribution in [0, 0.1) is 0 Å². The molecule has 1 heterocycles. The molecule has 0 bridgehead atoms. The number of fused-ring (bicyclic) bond motifs is 1. The topological polar surface area (TPSA) is 62.2 Å². The van der Waals surface area contributed by atoms with Crippen molar-refractivity contribution in [1.82, 2.24) is 4.98 Å². The van der Waals surface area contributed by atoms with E-state index >= 15 is 0 Å². The third-order valence-electron chi connectivity index (χ3n) is 4.16. The van der Waals surface area contributed by atoms with Crippen molar-refractivity contribution < 1.29 is 9.90 Å². The summed E-state index contributed by atoms with van der Waals surface area (Å²) < 4.78 is 0. The summed E-state index contributed by atoms with van der Waals surface area (Å²) in [5.74, 6) is -0.123. The molecule has 0 unspecified atom stereocenters. The average Bonchev–Trinajstić information content (AvgIpc) is 2.47. The Balaban J connectivity index is 1.68. The Morgan fingerprint density at radius 1 is 1.24 bits per heavy atom. The molecular weight excluding hydrogens is 264 g/mol. The van der Waals surface area contributed by atoms with Gasteiger partial charge in [0.2, 0.25) is 5.91 Å². The van der Waals surface area contributed by atoms with Crippen LogP contribution in [-0.4, -0.2) is 21.6 Å². The molecule has 1 saturated carbocycles. The second kappa shape index (κ2) is 5.82. The van der Waals surface area contributed by atoms with E-state index in [1.807, 2.05) is 30.3 Å². The molecule has 110 valence electrons. The molecule has 2 N–H and O–H groups in total. The number of hydrogen-bond donors (Lipinski definition) is 2. The van der Waals surface area contributed by atoms with Crippen LogP contribution in [0.5, 0.6) is 0 Å². The molecule has 0 aliphatic heterocycles. The highest BCUT2D eigenvalue weighted by Crippen LogP contribution is 2.31. The van der Waals surface area contributed by atoms with Crippen molar-refractivity contribution in [2.45, 2.75) is 44.1 Å². The molecule has 1 aliphatic carbocycles. The SMILES string of the molecule is O=C(CC1(O)CCCCC1)Nc1ccc2ncccc2c1. The summed E-state index contributed by atoms with van der Waals surface area (Å²) in [6.45, 7) is 0. The molecule has 0 atom stereocenters. The van der Waals surface area contributed by atoms with Crippen LogP contribution >= 0.6 is 0 Å². The number of pyridine rings is 1. The van der Waals surface area contributed by atoms with Gasteiger partial charge in [-0.3, -0.25) is 9.78 Å². The minimum atomic E-state index is -0.819. The lowest BCUT2D eigenvalue weighted by Crippen LogP contribution is -2.35. The van der Waals surface area contributed by atoms with Gasteiger partial charge in [-0.05, 0) is 37.1 Å². The normalized spacial score (nSPS) is 17.6. The van der Waals surface area contributed by atoms with E-state index in [2.05, 4.69) is 10.3 Å². The van der Waals surface area contributed by atoms with Gasteiger partial charge in [0.25, 0.3) is 0 Å². The molecule has 2 aromatic rings. The van der Waals surface area contributed by atoms with Crippen LogP contribution < -0.4 is 5.32 Å². The average molecular weight is 284 g/mol. The molecule has 1 aliphatic rings. The van der Waals surface area contributed by atoms with Crippen molar-refractivity contribution in [1.29, 1.82) is 0 Å². The van der Waals surface area contributed by atoms with Gasteiger partial charge in [0.15, 0.2) is 0 Å². The third kappa shape index (κ3) is 3.39. The lowest BCUT2D eigenvalue weighted by Gasteiger charge is -2.31. The van der Waals surface area contributed by atoms with E-state index in [0.29, 0.717) is 0 Å². The summed E-state index contributed by atoms with van der Waals surface area (Å²) in [6.07, 6.45) is 6.54. The summed E-state index contributed by atoms with van der Waals surface area (Å²) in [7, 11) is 0. The van der Waals surface area contributed by atoms with Crippen LogP contribution in [0.2, 0.25) is 0 Å². The van der Waals surface area contributed by atoms with Crippen molar-refractivity contribution in [3.8, 4) is 0 Å². The zero-order chi connectivity index (χ0) is 14.7. The van der Waals surface area contributed by atoms with E-state index < -0.39 is 5.60 Å². The van der Waals surface area contributed by atoms with Gasteiger partial charge in [0.05, 0.1) is 17.5 Å². The maximum Gasteiger partial charge on any atom is 0.227 e. The molecule has 4 nitrogen and oxygen atoms in total. The molecule has 1 fully saturated rings. The zero-order valence-electron chi connectivity index (χ0n) is 12.0. The summed E-state index contributed by atoms with van der Waals surface area (Å²) in [6, 6.07) is 9.48. The first kappa shape index (κ1) is 14.0. The lowest BCUT2D eigenvalue weighted by molar-refractivity contribution is -0.122. The van der Waals surface area contributed by atoms with Crippen LogP contribution in [0.25, 0.3) is 10.9 Å². The maximum absolute atomic E-state index is 12.1. The van der Waals surface area contributed by atoms with Gasteiger partial charge in [-0.2, -0.15) is 0 Å². The Kier molecular flexibility index (Phi) is 3.88. The van der Waals surface area contributed by atoms with Crippen molar-refractivity contribution in [3.63, 3.8) is 0 Å². The minimum Gasteiger partial charge on any atom is -0.389 e. The van der Waals surface area contributed by atoms with Gasteiger partial charge < -0.3 is 10.4 Å². The van der Waals surface area contributed by atoms with Crippen LogP contribution in [0.3, 0.4) is 0 Å². The van der Waals surface area contributed by atoms with Crippen LogP contribution in [0.1, 0.15) is 38.5 Å². The Morgan fingerprint density at radius 2 is 2.05 bits per heavy atom. The Hall–Kier alpha value is -1.94. The van der Waals surface area contributed by atoms with Crippen LogP contribution in [0.4, 0.5) is 5.69 Å². The number of hydrogen-bond acceptors (Lipinski definition) is 3. The Bertz CT molecular complexity index is 648. The highest BCUT2D eigenvalue weighted by Gasteiger charge is 2.31. The molecule has 1 aromatic heterocycles. The smallest absolute Gasteiger partial charge is 0.227 e. The second-order valence-electron chi connectivity index (χ2n) is 5.92. The predicted octanol–water partition coefficient (Wildman–Crippen LogP) is 3.26. The molecule has 0 radical (unpaired) electrons. The van der Waals surface area contributed by atoms with Crippen molar-refractivity contribution in [2.24, 2.45) is 0 Å². The first-order valence-electron chi connectivity index (χ1n) is 7.52. The number of rotatable bonds is 3. The van der Waals surface area contributed by atoms with Crippen LogP contribution in [0.15, 0.2) is 36.5 Å². The molecule has 3 rings (SSSR count). The number of nitrogens with one attached hydrogen (secondary N) is 1. The first-order valence-corrected chi connectivity index (χ1v) is 7.52. The van der Waals surface area contributed by atoms with E-state index in [1.165, 1.54) is 0 Å². The van der Waals surface area contributed by atoms with Gasteiger partial charge in [-0.15, -0.1) is 0 Å². The number of aliphatic hydroxyl groups is 1. The number of carbonyl (C=O) groups is 1. The summed E-state index contributed by atoms with van der Waals surface area (Å²) in [4.78, 5) is 16.4. The zero-order valence-corrected chi connectivity index (χ0v) is 12.0. The number of carbonyl (C=O) groups excluding carboxylic acids is 1. The fourth-order valence-corrected chi connectivity index (χ4v) is 3.04. The number of amides is 1. The largest absolute Gasteiger partial charge is 0.389 e. The van der Waals surface area contributed by atoms with Gasteiger partial charge in [-0.25, -0.2) is 0 Å². The van der Waals surface area contributed by atoms with Gasteiger partial charge in [0.1, 0.15) is 0 Å². The standard InChI is InChI=1S/C17H20N2O2/c20-16(12-17(21)8-2-1-3-9-17)19-14-6-7-15-13(11-14)5-4-10-18-15/h4-7,10-11,21H,1-3,8-9,12H2,(H,19,20). The first-order chi connectivity index (χ1) is 10.1. The number of aromatic nitrogens is 1. The third-order valence-corrected chi connectivity index (χ3v) is 4.16. The van der Waals surface area contributed by atoms with Crippen molar-refractivity contribution >= 4 is 22.5 Å². The number of anilines is 1. The van der Waals surface area contributed by atoms with Gasteiger partial charge in [-0.1, -0.05) is 25.3 Å². The fraction of sp³-hybridized carbons (Fsp3) is 0.412. The van der Waals surface area contributed by atoms with Crippen LogP contribution in [-0.2, 0) is 4.79 Å². The Labute approximate surface area is 124 Å². The van der Waals surface area contributed by atoms with Crippen molar-refractivity contribution in [2.75, 3.05) is 5.32 Å². The van der Waals surface area contributed by atoms with Crippen molar-refractivity contribution in [3.05, 3.63) is 36.5 Å². The monoisotopic (exact) mass is 284 g/mol. The quantitative estimate of drug-likeness (QED) is 0.909. The van der Waals surface area contributed by atoms with E-state index in [1.54, 1.807) is 6.20 Å². The Morgan fingerprint density at radius 3 is 2.86 bits per heavy atom. The van der Waals surface area contributed by atoms with E-state index in [0.717, 1.165) is 48.7 Å². The summed E-state index contributed by atoms with van der Waals surface area (Å²) >= 11 is 0. The number of nitrogens with zero attached hydrogens (tertiary/aromatic N) is 1. The molecule has 4 heteroatoms. The van der Waals surface area contributed by atoms with Gasteiger partial charge >= 0.3 is 0 Å². The predicted molar refractivity (Wildman–Crippen MR) is 83.0 cm³/mol. The summed E-state index contributed by atoms with van der Waals surface area (Å²) in [5.41, 5.74) is 0.835. The molecule has 0 spiro atoms. The summed E-state index contributed by atoms with van der Waals surface area (Å²) in [5, 5.41) is 14.3. The second-order valence-corrected chi connectivity index (χ2v) is 5.92. The molecule has 1 aromatic carbocycles. The lowest BCUT2D eigenvalue weighted by atomic mass is 9.82. The fourth-order valence-electron chi connectivity index (χ4n) is 3.04. The number of benzene rings is 1. The molecular formula is C17H20N2O2. The molecule has 21 heavy (non-hydrogen) atoms.